The normalized spacial score (nSPS) is 20.4. The number of aromatic nitrogens is 2. The Morgan fingerprint density at radius 2 is 1.92 bits per heavy atom. The molecule has 1 fully saturated rings. The predicted molar refractivity (Wildman–Crippen MR) is 91.3 cm³/mol. The van der Waals surface area contributed by atoms with E-state index in [2.05, 4.69) is 29.4 Å². The van der Waals surface area contributed by atoms with Crippen LogP contribution in [0, 0.1) is 5.92 Å². The third-order valence-electron chi connectivity index (χ3n) is 4.35. The number of carbonyl (C=O) groups excluding carboxylic acids is 2. The van der Waals surface area contributed by atoms with E-state index < -0.39 is 11.6 Å². The lowest BCUT2D eigenvalue weighted by atomic mass is 9.92. The zero-order chi connectivity index (χ0) is 18.0. The highest BCUT2D eigenvalue weighted by Crippen LogP contribution is 2.26. The van der Waals surface area contributed by atoms with Crippen molar-refractivity contribution in [3.63, 3.8) is 0 Å². The number of nitrogens with zero attached hydrogens (tertiary/aromatic N) is 3. The highest BCUT2D eigenvalue weighted by molar-refractivity contribution is 6.06. The molecule has 25 heavy (non-hydrogen) atoms. The van der Waals surface area contributed by atoms with Gasteiger partial charge in [0.25, 0.3) is 5.91 Å². The van der Waals surface area contributed by atoms with E-state index in [1.165, 1.54) is 0 Å². The number of amides is 3. The molecular weight excluding hydrogens is 320 g/mol. The van der Waals surface area contributed by atoms with Crippen LogP contribution in [-0.4, -0.2) is 32.6 Å². The van der Waals surface area contributed by atoms with Crippen LogP contribution in [0.3, 0.4) is 0 Å². The van der Waals surface area contributed by atoms with Gasteiger partial charge in [0.2, 0.25) is 11.8 Å². The van der Waals surface area contributed by atoms with Gasteiger partial charge in [-0.05, 0) is 37.8 Å². The molecule has 0 saturated carbocycles. The van der Waals surface area contributed by atoms with Gasteiger partial charge in [0, 0.05) is 5.56 Å². The molecule has 7 nitrogen and oxygen atoms in total. The van der Waals surface area contributed by atoms with Crippen molar-refractivity contribution in [2.45, 2.75) is 45.7 Å². The van der Waals surface area contributed by atoms with Crippen LogP contribution in [0.1, 0.15) is 39.5 Å². The van der Waals surface area contributed by atoms with Gasteiger partial charge in [-0.3, -0.25) is 9.69 Å². The molecule has 3 rings (SSSR count). The minimum absolute atomic E-state index is 0.0260. The van der Waals surface area contributed by atoms with Crippen molar-refractivity contribution < 1.29 is 14.0 Å². The van der Waals surface area contributed by atoms with E-state index in [4.69, 9.17) is 4.42 Å². The fourth-order valence-corrected chi connectivity index (χ4v) is 2.79. The van der Waals surface area contributed by atoms with E-state index >= 15 is 0 Å². The number of urea groups is 1. The molecule has 132 valence electrons. The highest BCUT2D eigenvalue weighted by atomic mass is 16.4. The van der Waals surface area contributed by atoms with E-state index in [1.54, 1.807) is 6.92 Å². The second-order valence-electron chi connectivity index (χ2n) is 6.95. The molecule has 3 amide bonds. The SMILES string of the molecule is CC(C)CC[C@@]1(C)NC(=O)N(Cc2nnc(-c3ccccc3)o2)C1=O. The Hall–Kier alpha value is -2.70. The Labute approximate surface area is 146 Å². The van der Waals surface area contributed by atoms with Crippen molar-refractivity contribution in [3.05, 3.63) is 36.2 Å². The summed E-state index contributed by atoms with van der Waals surface area (Å²) in [6.07, 6.45) is 1.46. The lowest BCUT2D eigenvalue weighted by Crippen LogP contribution is -2.44. The Morgan fingerprint density at radius 3 is 2.60 bits per heavy atom. The van der Waals surface area contributed by atoms with Crippen LogP contribution >= 0.6 is 0 Å². The zero-order valence-electron chi connectivity index (χ0n) is 14.7. The van der Waals surface area contributed by atoms with Crippen LogP contribution in [0.5, 0.6) is 0 Å². The van der Waals surface area contributed by atoms with Gasteiger partial charge in [-0.15, -0.1) is 10.2 Å². The summed E-state index contributed by atoms with van der Waals surface area (Å²) in [7, 11) is 0. The van der Waals surface area contributed by atoms with Gasteiger partial charge in [0.05, 0.1) is 0 Å². The van der Waals surface area contributed by atoms with E-state index in [1.807, 2.05) is 30.3 Å². The van der Waals surface area contributed by atoms with Gasteiger partial charge in [-0.2, -0.15) is 0 Å². The van der Waals surface area contributed by atoms with Crippen molar-refractivity contribution in [1.29, 1.82) is 0 Å². The molecule has 2 heterocycles. The van der Waals surface area contributed by atoms with Crippen LogP contribution in [0.4, 0.5) is 4.79 Å². The third-order valence-corrected chi connectivity index (χ3v) is 4.35. The maximum absolute atomic E-state index is 12.7. The molecule has 0 bridgehead atoms. The number of imide groups is 1. The topological polar surface area (TPSA) is 88.3 Å². The van der Waals surface area contributed by atoms with Crippen LogP contribution in [0.2, 0.25) is 0 Å². The van der Waals surface area contributed by atoms with Crippen LogP contribution in [0.15, 0.2) is 34.7 Å². The molecule has 0 spiro atoms. The number of rotatable bonds is 6. The monoisotopic (exact) mass is 342 g/mol. The van der Waals surface area contributed by atoms with Crippen molar-refractivity contribution in [3.8, 4) is 11.5 Å². The largest absolute Gasteiger partial charge is 0.419 e. The third kappa shape index (κ3) is 3.55. The fraction of sp³-hybridized carbons (Fsp3) is 0.444. The first-order valence-electron chi connectivity index (χ1n) is 8.41. The molecule has 2 aromatic rings. The first-order valence-corrected chi connectivity index (χ1v) is 8.41. The molecule has 1 aliphatic rings. The fourth-order valence-electron chi connectivity index (χ4n) is 2.79. The molecule has 1 saturated heterocycles. The van der Waals surface area contributed by atoms with Crippen molar-refractivity contribution in [2.75, 3.05) is 0 Å². The van der Waals surface area contributed by atoms with Gasteiger partial charge in [0.1, 0.15) is 12.1 Å². The Bertz CT molecular complexity index is 772. The summed E-state index contributed by atoms with van der Waals surface area (Å²) >= 11 is 0. The molecule has 1 aromatic carbocycles. The average Bonchev–Trinajstić information content (AvgIpc) is 3.14. The van der Waals surface area contributed by atoms with Crippen molar-refractivity contribution >= 4 is 11.9 Å². The molecule has 1 aliphatic heterocycles. The summed E-state index contributed by atoms with van der Waals surface area (Å²) in [6.45, 7) is 5.92. The van der Waals surface area contributed by atoms with Gasteiger partial charge >= 0.3 is 6.03 Å². The van der Waals surface area contributed by atoms with Gasteiger partial charge in [0.15, 0.2) is 0 Å². The zero-order valence-corrected chi connectivity index (χ0v) is 14.7. The smallest absolute Gasteiger partial charge is 0.325 e. The van der Waals surface area contributed by atoms with Crippen LogP contribution in [0.25, 0.3) is 11.5 Å². The molecule has 1 atom stereocenters. The van der Waals surface area contributed by atoms with Crippen LogP contribution < -0.4 is 5.32 Å². The van der Waals surface area contributed by atoms with Crippen LogP contribution in [-0.2, 0) is 11.3 Å². The molecule has 7 heteroatoms. The first kappa shape index (κ1) is 17.1. The summed E-state index contributed by atoms with van der Waals surface area (Å²) in [5.74, 6) is 0.804. The first-order chi connectivity index (χ1) is 11.9. The quantitative estimate of drug-likeness (QED) is 0.815. The van der Waals surface area contributed by atoms with E-state index in [-0.39, 0.29) is 18.3 Å². The summed E-state index contributed by atoms with van der Waals surface area (Å²) in [6, 6.07) is 8.93. The van der Waals surface area contributed by atoms with Gasteiger partial charge in [-0.25, -0.2) is 4.79 Å². The second kappa shape index (κ2) is 6.66. The van der Waals surface area contributed by atoms with Crippen molar-refractivity contribution in [2.24, 2.45) is 5.92 Å². The van der Waals surface area contributed by atoms with Gasteiger partial charge < -0.3 is 9.73 Å². The minimum Gasteiger partial charge on any atom is -0.419 e. The van der Waals surface area contributed by atoms with Gasteiger partial charge in [-0.1, -0.05) is 32.0 Å². The summed E-state index contributed by atoms with van der Waals surface area (Å²) in [4.78, 5) is 26.1. The Morgan fingerprint density at radius 1 is 1.20 bits per heavy atom. The maximum atomic E-state index is 12.7. The Balaban J connectivity index is 1.72. The summed E-state index contributed by atoms with van der Waals surface area (Å²) in [5.41, 5.74) is -0.0795. The summed E-state index contributed by atoms with van der Waals surface area (Å²) < 4.78 is 5.60. The summed E-state index contributed by atoms with van der Waals surface area (Å²) in [5, 5.41) is 10.7. The molecule has 1 aromatic heterocycles. The van der Waals surface area contributed by atoms with E-state index in [9.17, 15) is 9.59 Å². The number of hydrogen-bond acceptors (Lipinski definition) is 5. The molecule has 0 unspecified atom stereocenters. The average molecular weight is 342 g/mol. The molecule has 1 N–H and O–H groups in total. The maximum Gasteiger partial charge on any atom is 0.325 e. The number of nitrogens with one attached hydrogen (secondary N) is 1. The second-order valence-corrected chi connectivity index (χ2v) is 6.95. The lowest BCUT2D eigenvalue weighted by molar-refractivity contribution is -0.131. The molecule has 0 radical (unpaired) electrons. The molecular formula is C18H22N4O3. The molecule has 0 aliphatic carbocycles. The Kier molecular flexibility index (Phi) is 4.57. The minimum atomic E-state index is -0.871. The van der Waals surface area contributed by atoms with E-state index in [0.717, 1.165) is 16.9 Å². The van der Waals surface area contributed by atoms with E-state index in [0.29, 0.717) is 18.2 Å². The van der Waals surface area contributed by atoms with Crippen molar-refractivity contribution in [1.82, 2.24) is 20.4 Å². The number of carbonyl (C=O) groups is 2. The predicted octanol–water partition coefficient (Wildman–Crippen LogP) is 2.98. The standard InChI is InChI=1S/C18H22N4O3/c1-12(2)9-10-18(3)16(23)22(17(24)19-18)11-14-20-21-15(25-14)13-7-5-4-6-8-13/h4-8,12H,9-11H2,1-3H3,(H,19,24)/t18-/m1/s1. The highest BCUT2D eigenvalue weighted by Gasteiger charge is 2.47. The lowest BCUT2D eigenvalue weighted by Gasteiger charge is -2.22. The number of hydrogen-bond donors (Lipinski definition) is 1. The number of benzene rings is 1.